The zero-order chi connectivity index (χ0) is 12.2. The smallest absolute Gasteiger partial charge is 0.410 e. The van der Waals surface area contributed by atoms with Gasteiger partial charge in [0.05, 0.1) is 12.6 Å². The fraction of sp³-hybridized carbons (Fsp3) is 0.750. The number of carbonyl (C=O) groups is 1. The van der Waals surface area contributed by atoms with Crippen LogP contribution in [0.2, 0.25) is 0 Å². The minimum atomic E-state index is -0.453. The lowest BCUT2D eigenvalue weighted by atomic mass is 10.2. The van der Waals surface area contributed by atoms with Gasteiger partial charge in [0.15, 0.2) is 0 Å². The quantitative estimate of drug-likeness (QED) is 0.733. The molecule has 0 aromatic heterocycles. The summed E-state index contributed by atoms with van der Waals surface area (Å²) in [6.07, 6.45) is 5.21. The lowest BCUT2D eigenvalue weighted by Gasteiger charge is -2.27. The van der Waals surface area contributed by atoms with Crippen molar-refractivity contribution < 1.29 is 14.6 Å². The highest BCUT2D eigenvalue weighted by atomic mass is 16.6. The van der Waals surface area contributed by atoms with Crippen LogP contribution >= 0.6 is 0 Å². The largest absolute Gasteiger partial charge is 0.444 e. The molecule has 0 saturated carbocycles. The maximum absolute atomic E-state index is 11.8. The first-order valence-electron chi connectivity index (χ1n) is 5.71. The Hall–Kier alpha value is -1.03. The highest BCUT2D eigenvalue weighted by Gasteiger charge is 2.30. The molecule has 0 aromatic rings. The van der Waals surface area contributed by atoms with Crippen molar-refractivity contribution in [1.29, 1.82) is 0 Å². The van der Waals surface area contributed by atoms with Crippen molar-refractivity contribution in [1.82, 2.24) is 4.90 Å². The minimum Gasteiger partial charge on any atom is -0.444 e. The van der Waals surface area contributed by atoms with Crippen LogP contribution in [0.3, 0.4) is 0 Å². The Morgan fingerprint density at radius 1 is 1.56 bits per heavy atom. The number of hydrogen-bond acceptors (Lipinski definition) is 3. The van der Waals surface area contributed by atoms with E-state index in [-0.39, 0.29) is 18.7 Å². The summed E-state index contributed by atoms with van der Waals surface area (Å²) in [5.41, 5.74) is -0.453. The van der Waals surface area contributed by atoms with Crippen LogP contribution in [0.1, 0.15) is 33.6 Å². The van der Waals surface area contributed by atoms with E-state index in [1.165, 1.54) is 0 Å². The number of ether oxygens (including phenoxy) is 1. The Labute approximate surface area is 96.9 Å². The number of amides is 1. The molecule has 0 aliphatic carbocycles. The molecule has 0 aromatic carbocycles. The maximum atomic E-state index is 11.8. The second-order valence-corrected chi connectivity index (χ2v) is 4.99. The van der Waals surface area contributed by atoms with Gasteiger partial charge >= 0.3 is 6.09 Å². The van der Waals surface area contributed by atoms with Gasteiger partial charge in [-0.2, -0.15) is 0 Å². The van der Waals surface area contributed by atoms with Crippen molar-refractivity contribution >= 4 is 6.09 Å². The summed E-state index contributed by atoms with van der Waals surface area (Å²) >= 11 is 0. The third kappa shape index (κ3) is 3.85. The summed E-state index contributed by atoms with van der Waals surface area (Å²) in [7, 11) is 0. The van der Waals surface area contributed by atoms with Gasteiger partial charge in [-0.3, -0.25) is 0 Å². The lowest BCUT2D eigenvalue weighted by Crippen LogP contribution is -2.39. The van der Waals surface area contributed by atoms with Gasteiger partial charge < -0.3 is 14.7 Å². The number of hydrogen-bond donors (Lipinski definition) is 1. The van der Waals surface area contributed by atoms with E-state index >= 15 is 0 Å². The van der Waals surface area contributed by atoms with Crippen LogP contribution in [-0.2, 0) is 4.74 Å². The molecule has 1 saturated heterocycles. The molecule has 1 aliphatic heterocycles. The van der Waals surface area contributed by atoms with E-state index in [0.717, 1.165) is 19.4 Å². The van der Waals surface area contributed by atoms with E-state index in [1.54, 1.807) is 11.0 Å². The molecule has 0 spiro atoms. The molecule has 1 heterocycles. The van der Waals surface area contributed by atoms with Gasteiger partial charge in [-0.15, -0.1) is 0 Å². The molecule has 1 rings (SSSR count). The highest BCUT2D eigenvalue weighted by molar-refractivity contribution is 5.69. The van der Waals surface area contributed by atoms with Gasteiger partial charge in [-0.1, -0.05) is 12.2 Å². The van der Waals surface area contributed by atoms with Gasteiger partial charge in [0, 0.05) is 6.54 Å². The predicted octanol–water partition coefficient (Wildman–Crippen LogP) is 1.93. The van der Waals surface area contributed by atoms with Crippen LogP contribution in [0, 0.1) is 0 Å². The second-order valence-electron chi connectivity index (χ2n) is 4.99. The standard InChI is InChI=1S/C12H21NO3/c1-12(2,3)16-11(15)13-8-4-6-10(13)7-5-9-14/h5,7,10,14H,4,6,8-9H2,1-3H3/b7-5+/t10-/m0/s1. The van der Waals surface area contributed by atoms with Gasteiger partial charge in [-0.05, 0) is 33.6 Å². The van der Waals surface area contributed by atoms with Crippen molar-refractivity contribution in [3.8, 4) is 0 Å². The second kappa shape index (κ2) is 5.34. The normalized spacial score (nSPS) is 21.8. The van der Waals surface area contributed by atoms with Gasteiger partial charge in [0.1, 0.15) is 5.60 Å². The Kier molecular flexibility index (Phi) is 4.35. The van der Waals surface area contributed by atoms with E-state index < -0.39 is 5.60 Å². The first kappa shape index (κ1) is 13.0. The summed E-state index contributed by atoms with van der Waals surface area (Å²) in [5.74, 6) is 0. The fourth-order valence-electron chi connectivity index (χ4n) is 1.76. The van der Waals surface area contributed by atoms with Crippen molar-refractivity contribution in [2.24, 2.45) is 0 Å². The van der Waals surface area contributed by atoms with E-state index in [2.05, 4.69) is 0 Å². The minimum absolute atomic E-state index is 0.0126. The van der Waals surface area contributed by atoms with Crippen LogP contribution in [-0.4, -0.2) is 40.9 Å². The molecule has 1 amide bonds. The molecule has 92 valence electrons. The molecule has 4 heteroatoms. The predicted molar refractivity (Wildman–Crippen MR) is 62.2 cm³/mol. The molecule has 1 N–H and O–H groups in total. The number of likely N-dealkylation sites (tertiary alicyclic amines) is 1. The molecule has 1 fully saturated rings. The molecular formula is C12H21NO3. The number of aliphatic hydroxyl groups excluding tert-OH is 1. The third-order valence-corrected chi connectivity index (χ3v) is 2.39. The van der Waals surface area contributed by atoms with Crippen LogP contribution in [0.4, 0.5) is 4.79 Å². The first-order chi connectivity index (χ1) is 7.44. The topological polar surface area (TPSA) is 49.8 Å². The van der Waals surface area contributed by atoms with Crippen molar-refractivity contribution in [3.05, 3.63) is 12.2 Å². The molecule has 4 nitrogen and oxygen atoms in total. The molecule has 1 aliphatic rings. The van der Waals surface area contributed by atoms with Crippen LogP contribution in [0.5, 0.6) is 0 Å². The maximum Gasteiger partial charge on any atom is 0.410 e. The van der Waals surface area contributed by atoms with Crippen LogP contribution in [0.25, 0.3) is 0 Å². The Morgan fingerprint density at radius 3 is 2.81 bits per heavy atom. The summed E-state index contributed by atoms with van der Waals surface area (Å²) in [4.78, 5) is 13.6. The zero-order valence-electron chi connectivity index (χ0n) is 10.3. The molecule has 0 bridgehead atoms. The van der Waals surface area contributed by atoms with Crippen LogP contribution < -0.4 is 0 Å². The first-order valence-corrected chi connectivity index (χ1v) is 5.71. The number of rotatable bonds is 2. The van der Waals surface area contributed by atoms with Gasteiger partial charge in [0.25, 0.3) is 0 Å². The fourth-order valence-corrected chi connectivity index (χ4v) is 1.76. The monoisotopic (exact) mass is 227 g/mol. The van der Waals surface area contributed by atoms with E-state index in [4.69, 9.17) is 9.84 Å². The number of carbonyl (C=O) groups excluding carboxylic acids is 1. The number of nitrogens with zero attached hydrogens (tertiary/aromatic N) is 1. The molecule has 1 atom stereocenters. The van der Waals surface area contributed by atoms with Gasteiger partial charge in [0.2, 0.25) is 0 Å². The van der Waals surface area contributed by atoms with Crippen LogP contribution in [0.15, 0.2) is 12.2 Å². The molecular weight excluding hydrogens is 206 g/mol. The van der Waals surface area contributed by atoms with Gasteiger partial charge in [-0.25, -0.2) is 4.79 Å². The summed E-state index contributed by atoms with van der Waals surface area (Å²) < 4.78 is 5.32. The molecule has 0 unspecified atom stereocenters. The molecule has 0 radical (unpaired) electrons. The number of aliphatic hydroxyl groups is 1. The Morgan fingerprint density at radius 2 is 2.25 bits per heavy atom. The Balaban J connectivity index is 2.57. The molecule has 16 heavy (non-hydrogen) atoms. The summed E-state index contributed by atoms with van der Waals surface area (Å²) in [5, 5.41) is 8.72. The Bertz CT molecular complexity index is 268. The lowest BCUT2D eigenvalue weighted by molar-refractivity contribution is 0.0255. The van der Waals surface area contributed by atoms with Crippen molar-refractivity contribution in [2.45, 2.75) is 45.3 Å². The van der Waals surface area contributed by atoms with Crippen molar-refractivity contribution in [3.63, 3.8) is 0 Å². The van der Waals surface area contributed by atoms with Crippen molar-refractivity contribution in [2.75, 3.05) is 13.2 Å². The van der Waals surface area contributed by atoms with E-state index in [9.17, 15) is 4.79 Å². The third-order valence-electron chi connectivity index (χ3n) is 2.39. The SMILES string of the molecule is CC(C)(C)OC(=O)N1CCC[C@H]1/C=C/CO. The average Bonchev–Trinajstić information content (AvgIpc) is 2.59. The van der Waals surface area contributed by atoms with E-state index in [0.29, 0.717) is 0 Å². The summed E-state index contributed by atoms with van der Waals surface area (Å²) in [6.45, 7) is 6.33. The van der Waals surface area contributed by atoms with E-state index in [1.807, 2.05) is 26.8 Å². The average molecular weight is 227 g/mol. The zero-order valence-corrected chi connectivity index (χ0v) is 10.3. The summed E-state index contributed by atoms with van der Waals surface area (Å²) in [6, 6.07) is 0.0713. The highest BCUT2D eigenvalue weighted by Crippen LogP contribution is 2.21.